The summed E-state index contributed by atoms with van der Waals surface area (Å²) in [7, 11) is 0. The Kier molecular flexibility index (Phi) is 3.99. The second-order valence-electron chi connectivity index (χ2n) is 5.63. The molecule has 0 spiro atoms. The van der Waals surface area contributed by atoms with Gasteiger partial charge >= 0.3 is 5.97 Å². The molecule has 0 saturated heterocycles. The van der Waals surface area contributed by atoms with Gasteiger partial charge in [0.05, 0.1) is 11.2 Å². The quantitative estimate of drug-likeness (QED) is 0.901. The number of fused-ring (bicyclic) bond motifs is 1. The normalized spacial score (nSPS) is 16.0. The highest BCUT2D eigenvalue weighted by Gasteiger charge is 2.19. The van der Waals surface area contributed by atoms with Gasteiger partial charge in [0.15, 0.2) is 5.69 Å². The van der Waals surface area contributed by atoms with E-state index >= 15 is 0 Å². The number of nitrogens with one attached hydrogen (secondary N) is 1. The van der Waals surface area contributed by atoms with Crippen molar-refractivity contribution in [3.05, 3.63) is 30.0 Å². The van der Waals surface area contributed by atoms with E-state index in [1.807, 2.05) is 24.3 Å². The number of aromatic nitrogens is 2. The number of aromatic carboxylic acids is 1. The van der Waals surface area contributed by atoms with E-state index in [0.29, 0.717) is 17.1 Å². The molecular weight excluding hydrogens is 266 g/mol. The third-order valence-electron chi connectivity index (χ3n) is 4.16. The Morgan fingerprint density at radius 1 is 1.19 bits per heavy atom. The first-order valence-electron chi connectivity index (χ1n) is 7.48. The van der Waals surface area contributed by atoms with Crippen LogP contribution in [0.25, 0.3) is 10.9 Å². The van der Waals surface area contributed by atoms with Crippen LogP contribution < -0.4 is 5.32 Å². The van der Waals surface area contributed by atoms with Crippen LogP contribution in [0.1, 0.15) is 42.6 Å². The molecule has 1 aliphatic carbocycles. The lowest BCUT2D eigenvalue weighted by Gasteiger charge is -2.23. The third kappa shape index (κ3) is 2.96. The van der Waals surface area contributed by atoms with Crippen molar-refractivity contribution in [2.45, 2.75) is 32.1 Å². The summed E-state index contributed by atoms with van der Waals surface area (Å²) in [5.74, 6) is -0.424. The molecule has 0 amide bonds. The summed E-state index contributed by atoms with van der Waals surface area (Å²) in [4.78, 5) is 11.4. The van der Waals surface area contributed by atoms with Crippen LogP contribution in [-0.4, -0.2) is 27.8 Å². The van der Waals surface area contributed by atoms with Gasteiger partial charge in [0, 0.05) is 11.9 Å². The van der Waals surface area contributed by atoms with E-state index in [0.717, 1.165) is 11.9 Å². The predicted molar refractivity (Wildman–Crippen MR) is 81.6 cm³/mol. The Balaban J connectivity index is 1.90. The fourth-order valence-corrected chi connectivity index (χ4v) is 3.02. The van der Waals surface area contributed by atoms with Crippen molar-refractivity contribution in [1.82, 2.24) is 10.2 Å². The molecule has 1 aliphatic rings. The summed E-state index contributed by atoms with van der Waals surface area (Å²) in [6, 6.07) is 7.50. The minimum Gasteiger partial charge on any atom is -0.476 e. The van der Waals surface area contributed by atoms with Gasteiger partial charge in [-0.3, -0.25) is 0 Å². The van der Waals surface area contributed by atoms with Crippen molar-refractivity contribution in [3.63, 3.8) is 0 Å². The SMILES string of the molecule is O=C(O)c1nnc2ccccc2c1NCC1CCCCC1. The van der Waals surface area contributed by atoms with Crippen LogP contribution >= 0.6 is 0 Å². The zero-order valence-electron chi connectivity index (χ0n) is 11.9. The van der Waals surface area contributed by atoms with Crippen LogP contribution in [0.4, 0.5) is 5.69 Å². The van der Waals surface area contributed by atoms with Crippen molar-refractivity contribution in [2.24, 2.45) is 5.92 Å². The third-order valence-corrected chi connectivity index (χ3v) is 4.16. The molecule has 1 fully saturated rings. The van der Waals surface area contributed by atoms with Crippen LogP contribution in [-0.2, 0) is 0 Å². The van der Waals surface area contributed by atoms with Gasteiger partial charge in [-0.1, -0.05) is 37.5 Å². The molecule has 0 aliphatic heterocycles. The second kappa shape index (κ2) is 6.08. The molecule has 3 rings (SSSR count). The molecule has 0 unspecified atom stereocenters. The summed E-state index contributed by atoms with van der Waals surface area (Å²) < 4.78 is 0. The molecule has 0 bridgehead atoms. The topological polar surface area (TPSA) is 75.1 Å². The van der Waals surface area contributed by atoms with E-state index in [1.54, 1.807) is 0 Å². The molecule has 1 aromatic carbocycles. The van der Waals surface area contributed by atoms with Crippen molar-refractivity contribution in [2.75, 3.05) is 11.9 Å². The van der Waals surface area contributed by atoms with E-state index in [1.165, 1.54) is 32.1 Å². The van der Waals surface area contributed by atoms with Gasteiger partial charge < -0.3 is 10.4 Å². The van der Waals surface area contributed by atoms with Gasteiger partial charge in [0.2, 0.25) is 0 Å². The molecule has 1 saturated carbocycles. The number of anilines is 1. The zero-order chi connectivity index (χ0) is 14.7. The number of benzene rings is 1. The molecule has 1 aromatic heterocycles. The van der Waals surface area contributed by atoms with Crippen LogP contribution in [0.2, 0.25) is 0 Å². The molecule has 1 heterocycles. The van der Waals surface area contributed by atoms with E-state index in [2.05, 4.69) is 15.5 Å². The van der Waals surface area contributed by atoms with E-state index < -0.39 is 5.97 Å². The number of hydrogen-bond acceptors (Lipinski definition) is 4. The number of carboxylic acids is 1. The van der Waals surface area contributed by atoms with Crippen LogP contribution in [0.15, 0.2) is 24.3 Å². The van der Waals surface area contributed by atoms with Gasteiger partial charge in [0.25, 0.3) is 0 Å². The first kappa shape index (κ1) is 13.8. The predicted octanol–water partition coefficient (Wildman–Crippen LogP) is 3.32. The fourth-order valence-electron chi connectivity index (χ4n) is 3.02. The molecule has 5 heteroatoms. The number of carbonyl (C=O) groups is 1. The Morgan fingerprint density at radius 2 is 1.95 bits per heavy atom. The molecule has 0 radical (unpaired) electrons. The lowest BCUT2D eigenvalue weighted by Crippen LogP contribution is -2.19. The summed E-state index contributed by atoms with van der Waals surface area (Å²) in [5, 5.41) is 21.3. The first-order valence-corrected chi connectivity index (χ1v) is 7.48. The highest BCUT2D eigenvalue weighted by Crippen LogP contribution is 2.27. The van der Waals surface area contributed by atoms with Crippen LogP contribution in [0.5, 0.6) is 0 Å². The van der Waals surface area contributed by atoms with E-state index in [-0.39, 0.29) is 5.69 Å². The Morgan fingerprint density at radius 3 is 2.71 bits per heavy atom. The summed E-state index contributed by atoms with van der Waals surface area (Å²) in [5.41, 5.74) is 1.32. The highest BCUT2D eigenvalue weighted by molar-refractivity contribution is 6.02. The molecular formula is C16H19N3O2. The van der Waals surface area contributed by atoms with E-state index in [4.69, 9.17) is 0 Å². The van der Waals surface area contributed by atoms with Gasteiger partial charge in [0.1, 0.15) is 0 Å². The van der Waals surface area contributed by atoms with Gasteiger partial charge in [-0.25, -0.2) is 4.79 Å². The van der Waals surface area contributed by atoms with Crippen molar-refractivity contribution < 1.29 is 9.90 Å². The minimum absolute atomic E-state index is 0.00418. The second-order valence-corrected chi connectivity index (χ2v) is 5.63. The smallest absolute Gasteiger partial charge is 0.358 e. The van der Waals surface area contributed by atoms with Crippen LogP contribution in [0, 0.1) is 5.92 Å². The molecule has 21 heavy (non-hydrogen) atoms. The first-order chi connectivity index (χ1) is 10.3. The Labute approximate surface area is 123 Å². The molecule has 5 nitrogen and oxygen atoms in total. The maximum Gasteiger partial charge on any atom is 0.358 e. The van der Waals surface area contributed by atoms with Crippen molar-refractivity contribution >= 4 is 22.6 Å². The lowest BCUT2D eigenvalue weighted by molar-refractivity contribution is 0.0690. The maximum absolute atomic E-state index is 11.4. The van der Waals surface area contributed by atoms with Gasteiger partial charge in [-0.15, -0.1) is 10.2 Å². The molecule has 2 aromatic rings. The molecule has 0 atom stereocenters. The standard InChI is InChI=1S/C16H19N3O2/c20-16(21)15-14(17-10-11-6-2-1-3-7-11)12-8-4-5-9-13(12)18-19-15/h4-5,8-9,11H,1-3,6-7,10H2,(H,17,18)(H,20,21). The Hall–Kier alpha value is -2.17. The van der Waals surface area contributed by atoms with Crippen molar-refractivity contribution in [3.8, 4) is 0 Å². The molecule has 110 valence electrons. The number of hydrogen-bond donors (Lipinski definition) is 2. The summed E-state index contributed by atoms with van der Waals surface area (Å²) in [6.45, 7) is 0.802. The monoisotopic (exact) mass is 285 g/mol. The van der Waals surface area contributed by atoms with Gasteiger partial charge in [-0.05, 0) is 24.8 Å². The van der Waals surface area contributed by atoms with Gasteiger partial charge in [-0.2, -0.15) is 0 Å². The Bertz CT molecular complexity index is 651. The number of rotatable bonds is 4. The minimum atomic E-state index is -1.04. The largest absolute Gasteiger partial charge is 0.476 e. The summed E-state index contributed by atoms with van der Waals surface area (Å²) >= 11 is 0. The van der Waals surface area contributed by atoms with E-state index in [9.17, 15) is 9.90 Å². The molecule has 2 N–H and O–H groups in total. The lowest BCUT2D eigenvalue weighted by atomic mass is 9.89. The average molecular weight is 285 g/mol. The maximum atomic E-state index is 11.4. The van der Waals surface area contributed by atoms with Crippen molar-refractivity contribution in [1.29, 1.82) is 0 Å². The average Bonchev–Trinajstić information content (AvgIpc) is 2.53. The number of carboxylic acid groups (broad SMARTS) is 1. The number of nitrogens with zero attached hydrogens (tertiary/aromatic N) is 2. The summed E-state index contributed by atoms with van der Waals surface area (Å²) in [6.07, 6.45) is 6.29. The van der Waals surface area contributed by atoms with Crippen LogP contribution in [0.3, 0.4) is 0 Å². The fraction of sp³-hybridized carbons (Fsp3) is 0.438. The highest BCUT2D eigenvalue weighted by atomic mass is 16.4. The zero-order valence-corrected chi connectivity index (χ0v) is 11.9.